The highest BCUT2D eigenvalue weighted by atomic mass is 35.5. The molecule has 2 nitrogen and oxygen atoms in total. The van der Waals surface area contributed by atoms with Gasteiger partial charge in [0.2, 0.25) is 0 Å². The molecule has 1 saturated heterocycles. The van der Waals surface area contributed by atoms with Gasteiger partial charge >= 0.3 is 0 Å². The van der Waals surface area contributed by atoms with Crippen molar-refractivity contribution in [2.75, 3.05) is 20.1 Å². The smallest absolute Gasteiger partial charge is 0.0174 e. The molecule has 1 aromatic carbocycles. The number of hydrogen-bond acceptors (Lipinski definition) is 2. The molecule has 92 valence electrons. The first kappa shape index (κ1) is 15.7. The van der Waals surface area contributed by atoms with Gasteiger partial charge in [0.25, 0.3) is 0 Å². The molecule has 1 fully saturated rings. The van der Waals surface area contributed by atoms with Gasteiger partial charge in [0.05, 0.1) is 0 Å². The highest BCUT2D eigenvalue weighted by Gasteiger charge is 2.23. The van der Waals surface area contributed by atoms with Crippen LogP contribution in [0.3, 0.4) is 0 Å². The maximum absolute atomic E-state index is 6.01. The van der Waals surface area contributed by atoms with Crippen molar-refractivity contribution < 1.29 is 0 Å². The number of rotatable bonds is 1. The summed E-state index contributed by atoms with van der Waals surface area (Å²) in [6.07, 6.45) is 1.12. The lowest BCUT2D eigenvalue weighted by Gasteiger charge is -2.34. The zero-order valence-corrected chi connectivity index (χ0v) is 11.1. The molecule has 0 amide bonds. The maximum Gasteiger partial charge on any atom is 0.0174 e. The summed E-state index contributed by atoms with van der Waals surface area (Å²) in [6.45, 7) is 2.17. The normalized spacial score (nSPS) is 25.4. The van der Waals surface area contributed by atoms with E-state index in [0.29, 0.717) is 12.0 Å². The van der Waals surface area contributed by atoms with Crippen LogP contribution < -0.4 is 5.73 Å². The predicted octanol–water partition coefficient (Wildman–Crippen LogP) is 2.28. The van der Waals surface area contributed by atoms with Crippen LogP contribution in [0.4, 0.5) is 0 Å². The molecule has 1 aliphatic heterocycles. The average Bonchev–Trinajstić information content (AvgIpc) is 2.18. The number of piperidine rings is 1. The molecule has 2 atom stereocenters. The summed E-state index contributed by atoms with van der Waals surface area (Å²) >= 11 is 0. The second-order valence-electron chi connectivity index (χ2n) is 4.32. The maximum atomic E-state index is 6.01. The van der Waals surface area contributed by atoms with Crippen molar-refractivity contribution in [2.45, 2.75) is 18.4 Å². The number of likely N-dealkylation sites (N-methyl/N-ethyl adjacent to an activating group) is 1. The fourth-order valence-corrected chi connectivity index (χ4v) is 2.33. The molecule has 2 rings (SSSR count). The standard InChI is InChI=1S/C12H18N2.2ClH/c1-14-8-11(7-12(13)9-14)10-5-3-2-4-6-10;;/h2-6,11-12H,7-9,13H2,1H3;2*1H. The van der Waals surface area contributed by atoms with Crippen LogP contribution in [0.5, 0.6) is 0 Å². The van der Waals surface area contributed by atoms with Crippen LogP contribution >= 0.6 is 24.8 Å². The molecule has 0 bridgehead atoms. The van der Waals surface area contributed by atoms with Crippen molar-refractivity contribution in [1.29, 1.82) is 0 Å². The third kappa shape index (κ3) is 3.95. The molecule has 2 N–H and O–H groups in total. The lowest BCUT2D eigenvalue weighted by molar-refractivity contribution is 0.227. The van der Waals surface area contributed by atoms with Gasteiger partial charge < -0.3 is 10.6 Å². The van der Waals surface area contributed by atoms with E-state index in [0.717, 1.165) is 19.5 Å². The van der Waals surface area contributed by atoms with Crippen LogP contribution in [0.25, 0.3) is 0 Å². The van der Waals surface area contributed by atoms with E-state index in [4.69, 9.17) is 5.73 Å². The molecule has 0 saturated carbocycles. The zero-order chi connectivity index (χ0) is 9.97. The highest BCUT2D eigenvalue weighted by molar-refractivity contribution is 5.85. The van der Waals surface area contributed by atoms with E-state index < -0.39 is 0 Å². The van der Waals surface area contributed by atoms with Gasteiger partial charge in [-0.3, -0.25) is 0 Å². The summed E-state index contributed by atoms with van der Waals surface area (Å²) < 4.78 is 0. The SMILES string of the molecule is CN1CC(N)CC(c2ccccc2)C1.Cl.Cl. The van der Waals surface area contributed by atoms with Crippen molar-refractivity contribution in [3.8, 4) is 0 Å². The summed E-state index contributed by atoms with van der Waals surface area (Å²) in [4.78, 5) is 2.33. The first-order valence-electron chi connectivity index (χ1n) is 5.25. The summed E-state index contributed by atoms with van der Waals surface area (Å²) in [5, 5.41) is 0. The lowest BCUT2D eigenvalue weighted by atomic mass is 9.89. The third-order valence-corrected chi connectivity index (χ3v) is 2.94. The first-order valence-corrected chi connectivity index (χ1v) is 5.25. The molecule has 0 aromatic heterocycles. The number of hydrogen-bond donors (Lipinski definition) is 1. The second-order valence-corrected chi connectivity index (χ2v) is 4.32. The third-order valence-electron chi connectivity index (χ3n) is 2.94. The molecule has 16 heavy (non-hydrogen) atoms. The number of likely N-dealkylation sites (tertiary alicyclic amines) is 1. The van der Waals surface area contributed by atoms with Gasteiger partial charge in [-0.25, -0.2) is 0 Å². The van der Waals surface area contributed by atoms with Gasteiger partial charge in [0.1, 0.15) is 0 Å². The van der Waals surface area contributed by atoms with Crippen molar-refractivity contribution in [1.82, 2.24) is 4.90 Å². The fourth-order valence-electron chi connectivity index (χ4n) is 2.33. The van der Waals surface area contributed by atoms with Gasteiger partial charge in [-0.2, -0.15) is 0 Å². The molecule has 2 unspecified atom stereocenters. The summed E-state index contributed by atoms with van der Waals surface area (Å²) in [5.74, 6) is 0.616. The van der Waals surface area contributed by atoms with Crippen LogP contribution in [-0.2, 0) is 0 Å². The Balaban J connectivity index is 0.00000112. The number of benzene rings is 1. The van der Waals surface area contributed by atoms with E-state index in [9.17, 15) is 0 Å². The van der Waals surface area contributed by atoms with Gasteiger partial charge in [0, 0.05) is 19.1 Å². The minimum atomic E-state index is 0. The van der Waals surface area contributed by atoms with E-state index in [2.05, 4.69) is 42.3 Å². The van der Waals surface area contributed by atoms with Crippen molar-refractivity contribution in [2.24, 2.45) is 5.73 Å². The lowest BCUT2D eigenvalue weighted by Crippen LogP contribution is -2.44. The van der Waals surface area contributed by atoms with Crippen LogP contribution in [0.2, 0.25) is 0 Å². The zero-order valence-electron chi connectivity index (χ0n) is 9.50. The molecular formula is C12H20Cl2N2. The summed E-state index contributed by atoms with van der Waals surface area (Å²) in [7, 11) is 2.15. The second kappa shape index (κ2) is 7.13. The van der Waals surface area contributed by atoms with Gasteiger partial charge in [-0.1, -0.05) is 30.3 Å². The largest absolute Gasteiger partial charge is 0.327 e. The van der Waals surface area contributed by atoms with E-state index in [-0.39, 0.29) is 24.8 Å². The summed E-state index contributed by atoms with van der Waals surface area (Å²) in [6, 6.07) is 11.0. The molecule has 1 aromatic rings. The highest BCUT2D eigenvalue weighted by Crippen LogP contribution is 2.25. The topological polar surface area (TPSA) is 29.3 Å². The molecule has 0 radical (unpaired) electrons. The predicted molar refractivity (Wildman–Crippen MR) is 73.8 cm³/mol. The Morgan fingerprint density at radius 3 is 2.31 bits per heavy atom. The average molecular weight is 263 g/mol. The molecule has 1 heterocycles. The van der Waals surface area contributed by atoms with Crippen LogP contribution in [0, 0.1) is 0 Å². The Labute approximate surface area is 110 Å². The van der Waals surface area contributed by atoms with E-state index >= 15 is 0 Å². The monoisotopic (exact) mass is 262 g/mol. The Morgan fingerprint density at radius 1 is 1.12 bits per heavy atom. The van der Waals surface area contributed by atoms with Crippen molar-refractivity contribution >= 4 is 24.8 Å². The van der Waals surface area contributed by atoms with Crippen molar-refractivity contribution in [3.63, 3.8) is 0 Å². The molecular weight excluding hydrogens is 243 g/mol. The van der Waals surface area contributed by atoms with Crippen LogP contribution in [0.15, 0.2) is 30.3 Å². The van der Waals surface area contributed by atoms with E-state index in [1.165, 1.54) is 5.56 Å². The Kier molecular flexibility index (Phi) is 7.00. The minimum absolute atomic E-state index is 0. The Bertz CT molecular complexity index is 282. The van der Waals surface area contributed by atoms with Crippen LogP contribution in [-0.4, -0.2) is 31.1 Å². The molecule has 0 aliphatic carbocycles. The quantitative estimate of drug-likeness (QED) is 0.842. The first-order chi connectivity index (χ1) is 6.75. The van der Waals surface area contributed by atoms with E-state index in [1.807, 2.05) is 0 Å². The van der Waals surface area contributed by atoms with Gasteiger partial charge in [-0.05, 0) is 24.9 Å². The van der Waals surface area contributed by atoms with Gasteiger partial charge in [-0.15, -0.1) is 24.8 Å². The number of halogens is 2. The minimum Gasteiger partial charge on any atom is -0.327 e. The molecule has 1 aliphatic rings. The number of nitrogens with two attached hydrogens (primary N) is 1. The fraction of sp³-hybridized carbons (Fsp3) is 0.500. The Morgan fingerprint density at radius 2 is 1.75 bits per heavy atom. The number of nitrogens with zero attached hydrogens (tertiary/aromatic N) is 1. The Hall–Kier alpha value is -0.280. The molecule has 4 heteroatoms. The summed E-state index contributed by atoms with van der Waals surface area (Å²) in [5.41, 5.74) is 7.44. The van der Waals surface area contributed by atoms with Crippen LogP contribution in [0.1, 0.15) is 17.9 Å². The van der Waals surface area contributed by atoms with Gasteiger partial charge in [0.15, 0.2) is 0 Å². The molecule has 0 spiro atoms. The van der Waals surface area contributed by atoms with E-state index in [1.54, 1.807) is 0 Å². The van der Waals surface area contributed by atoms with Crippen molar-refractivity contribution in [3.05, 3.63) is 35.9 Å².